The molecule has 2 atom stereocenters. The van der Waals surface area contributed by atoms with Crippen LogP contribution < -0.4 is 15.5 Å². The molecule has 2 aliphatic rings. The van der Waals surface area contributed by atoms with Crippen molar-refractivity contribution in [2.75, 3.05) is 29.9 Å². The molecule has 1 aliphatic carbocycles. The third-order valence-electron chi connectivity index (χ3n) is 7.56. The first kappa shape index (κ1) is 28.3. The van der Waals surface area contributed by atoms with Gasteiger partial charge in [-0.05, 0) is 77.8 Å². The van der Waals surface area contributed by atoms with Gasteiger partial charge < -0.3 is 25.4 Å². The first-order valence-electron chi connectivity index (χ1n) is 13.7. The second-order valence-electron chi connectivity index (χ2n) is 10.5. The van der Waals surface area contributed by atoms with E-state index in [9.17, 15) is 19.5 Å². The monoisotopic (exact) mass is 538 g/mol. The number of piperidine rings is 1. The van der Waals surface area contributed by atoms with Crippen LogP contribution in [-0.4, -0.2) is 69.7 Å². The molecular formula is C28H38N6O5. The summed E-state index contributed by atoms with van der Waals surface area (Å²) in [5, 5.41) is 14.9. The lowest BCUT2D eigenvalue weighted by Crippen LogP contribution is -2.46. The summed E-state index contributed by atoms with van der Waals surface area (Å²) in [6.45, 7) is 7.96. The molecule has 3 heterocycles. The van der Waals surface area contributed by atoms with Crippen molar-refractivity contribution in [2.24, 2.45) is 0 Å². The lowest BCUT2D eigenvalue weighted by Gasteiger charge is -2.34. The fraction of sp³-hybridized carbons (Fsp3) is 0.571. The number of anilines is 2. The largest absolute Gasteiger partial charge is 0.480 e. The number of alkyl carbamates (subject to hydrolysis) is 1. The molecule has 3 N–H and O–H groups in total. The molecule has 2 aromatic heterocycles. The lowest BCUT2D eigenvalue weighted by atomic mass is 9.90. The van der Waals surface area contributed by atoms with Crippen molar-refractivity contribution >= 4 is 29.5 Å². The van der Waals surface area contributed by atoms with Crippen molar-refractivity contribution < 1.29 is 24.2 Å². The van der Waals surface area contributed by atoms with E-state index >= 15 is 0 Å². The normalized spacial score (nSPS) is 17.1. The Morgan fingerprint density at radius 3 is 2.51 bits per heavy atom. The summed E-state index contributed by atoms with van der Waals surface area (Å²) in [6, 6.07) is 3.19. The van der Waals surface area contributed by atoms with Crippen molar-refractivity contribution in [2.45, 2.75) is 84.3 Å². The molecule has 2 aromatic rings. The summed E-state index contributed by atoms with van der Waals surface area (Å²) in [6.07, 6.45) is 4.70. The van der Waals surface area contributed by atoms with Crippen LogP contribution in [0.4, 0.5) is 16.4 Å². The zero-order valence-corrected chi connectivity index (χ0v) is 23.1. The van der Waals surface area contributed by atoms with Gasteiger partial charge in [-0.2, -0.15) is 0 Å². The van der Waals surface area contributed by atoms with Crippen LogP contribution in [-0.2, 0) is 27.2 Å². The molecule has 0 spiro atoms. The van der Waals surface area contributed by atoms with Crippen LogP contribution in [0, 0.1) is 13.8 Å². The number of pyridine rings is 1. The van der Waals surface area contributed by atoms with Gasteiger partial charge in [0.1, 0.15) is 23.5 Å². The molecule has 0 radical (unpaired) electrons. The van der Waals surface area contributed by atoms with Crippen molar-refractivity contribution in [1.82, 2.24) is 20.3 Å². The molecule has 210 valence electrons. The summed E-state index contributed by atoms with van der Waals surface area (Å²) in [5.41, 5.74) is 4.67. The third-order valence-corrected chi connectivity index (χ3v) is 7.56. The van der Waals surface area contributed by atoms with Gasteiger partial charge in [0.15, 0.2) is 11.9 Å². The topological polar surface area (TPSA) is 147 Å². The molecule has 11 nitrogen and oxygen atoms in total. The molecule has 1 amide bonds. The number of nitrogens with one attached hydrogen (secondary N) is 2. The van der Waals surface area contributed by atoms with Gasteiger partial charge in [-0.15, -0.1) is 0 Å². The van der Waals surface area contributed by atoms with E-state index in [0.717, 1.165) is 50.2 Å². The predicted octanol–water partition coefficient (Wildman–Crippen LogP) is 3.32. The van der Waals surface area contributed by atoms with Gasteiger partial charge in [0.05, 0.1) is 0 Å². The molecule has 0 aromatic carbocycles. The summed E-state index contributed by atoms with van der Waals surface area (Å²) in [4.78, 5) is 51.6. The SMILES string of the molecule is CC(=O)C(C)OC(=O)N[C@@H](CNc1nc(C)nc(N2CCC(c3ccc4c(n3)CCCC4)CC2)c1C)C(=O)O. The van der Waals surface area contributed by atoms with E-state index in [4.69, 9.17) is 14.7 Å². The number of ketones is 1. The number of fused-ring (bicyclic) bond motifs is 1. The zero-order chi connectivity index (χ0) is 28.1. The second kappa shape index (κ2) is 12.4. The van der Waals surface area contributed by atoms with E-state index in [1.54, 1.807) is 6.92 Å². The molecule has 11 heteroatoms. The van der Waals surface area contributed by atoms with Gasteiger partial charge >= 0.3 is 12.1 Å². The number of carbonyl (C=O) groups excluding carboxylic acids is 2. The minimum absolute atomic E-state index is 0.123. The molecule has 1 fully saturated rings. The number of aliphatic carboxylic acids is 1. The van der Waals surface area contributed by atoms with Gasteiger partial charge in [0, 0.05) is 42.5 Å². The van der Waals surface area contributed by atoms with Crippen molar-refractivity contribution in [3.8, 4) is 0 Å². The summed E-state index contributed by atoms with van der Waals surface area (Å²) >= 11 is 0. The first-order valence-corrected chi connectivity index (χ1v) is 13.7. The fourth-order valence-corrected chi connectivity index (χ4v) is 5.13. The highest BCUT2D eigenvalue weighted by Gasteiger charge is 2.27. The molecule has 1 aliphatic heterocycles. The lowest BCUT2D eigenvalue weighted by molar-refractivity contribution is -0.139. The molecular weight excluding hydrogens is 500 g/mol. The van der Waals surface area contributed by atoms with E-state index in [0.29, 0.717) is 17.6 Å². The molecule has 1 unspecified atom stereocenters. The number of aryl methyl sites for hydroxylation is 3. The predicted molar refractivity (Wildman–Crippen MR) is 146 cm³/mol. The summed E-state index contributed by atoms with van der Waals surface area (Å²) in [7, 11) is 0. The number of carboxylic acid groups (broad SMARTS) is 1. The highest BCUT2D eigenvalue weighted by Crippen LogP contribution is 2.33. The van der Waals surface area contributed by atoms with Gasteiger partial charge in [0.25, 0.3) is 0 Å². The van der Waals surface area contributed by atoms with E-state index in [-0.39, 0.29) is 12.3 Å². The zero-order valence-electron chi connectivity index (χ0n) is 23.1. The molecule has 4 rings (SSSR count). The summed E-state index contributed by atoms with van der Waals surface area (Å²) < 4.78 is 4.93. The highest BCUT2D eigenvalue weighted by atomic mass is 16.6. The Morgan fingerprint density at radius 1 is 1.10 bits per heavy atom. The number of hydrogen-bond donors (Lipinski definition) is 3. The fourth-order valence-electron chi connectivity index (χ4n) is 5.13. The Labute approximate surface area is 228 Å². The average molecular weight is 539 g/mol. The molecule has 39 heavy (non-hydrogen) atoms. The molecule has 0 saturated carbocycles. The van der Waals surface area contributed by atoms with E-state index < -0.39 is 24.2 Å². The maximum Gasteiger partial charge on any atom is 0.408 e. The van der Waals surface area contributed by atoms with E-state index in [1.165, 1.54) is 43.6 Å². The smallest absolute Gasteiger partial charge is 0.408 e. The van der Waals surface area contributed by atoms with Crippen LogP contribution in [0.2, 0.25) is 0 Å². The maximum atomic E-state index is 12.1. The Hall–Kier alpha value is -3.76. The Balaban J connectivity index is 1.39. The standard InChI is InChI=1S/C28H38N6O5/c1-16-25(29-15-24(27(36)37)33-28(38)39-18(3)17(2)35)30-19(4)31-26(16)34-13-11-21(12-14-34)23-10-9-20-7-5-6-8-22(20)32-23/h9-10,18,21,24H,5-8,11-15H2,1-4H3,(H,33,38)(H,36,37)(H,29,30,31)/t18?,24-/m0/s1. The van der Waals surface area contributed by atoms with Gasteiger partial charge in [-0.1, -0.05) is 6.07 Å². The third kappa shape index (κ3) is 7.01. The Kier molecular flexibility index (Phi) is 8.98. The number of aromatic nitrogens is 3. The average Bonchev–Trinajstić information content (AvgIpc) is 2.92. The van der Waals surface area contributed by atoms with Crippen LogP contribution in [0.25, 0.3) is 0 Å². The van der Waals surface area contributed by atoms with Crippen molar-refractivity contribution in [1.29, 1.82) is 0 Å². The maximum absolute atomic E-state index is 12.1. The number of rotatable bonds is 9. The number of carbonyl (C=O) groups is 3. The van der Waals surface area contributed by atoms with Crippen LogP contribution in [0.15, 0.2) is 12.1 Å². The number of amides is 1. The van der Waals surface area contributed by atoms with Crippen LogP contribution >= 0.6 is 0 Å². The minimum atomic E-state index is -1.28. The van der Waals surface area contributed by atoms with Gasteiger partial charge in [-0.3, -0.25) is 9.78 Å². The number of Topliss-reactive ketones (excluding diaryl/α,β-unsaturated/α-hetero) is 1. The van der Waals surface area contributed by atoms with Gasteiger partial charge in [0.2, 0.25) is 0 Å². The van der Waals surface area contributed by atoms with E-state index in [1.807, 2.05) is 6.92 Å². The number of hydrogen-bond acceptors (Lipinski definition) is 9. The Morgan fingerprint density at radius 2 is 1.82 bits per heavy atom. The van der Waals surface area contributed by atoms with Crippen molar-refractivity contribution in [3.05, 3.63) is 40.5 Å². The quantitative estimate of drug-likeness (QED) is 0.434. The van der Waals surface area contributed by atoms with E-state index in [2.05, 4.69) is 32.7 Å². The molecule has 0 bridgehead atoms. The van der Waals surface area contributed by atoms with Crippen LogP contribution in [0.5, 0.6) is 0 Å². The van der Waals surface area contributed by atoms with Crippen LogP contribution in [0.1, 0.15) is 73.8 Å². The number of nitrogens with zero attached hydrogens (tertiary/aromatic N) is 4. The summed E-state index contributed by atoms with van der Waals surface area (Å²) in [5.74, 6) is 0.730. The number of ether oxygens (including phenoxy) is 1. The second-order valence-corrected chi connectivity index (χ2v) is 10.5. The van der Waals surface area contributed by atoms with Crippen LogP contribution in [0.3, 0.4) is 0 Å². The minimum Gasteiger partial charge on any atom is -0.480 e. The highest BCUT2D eigenvalue weighted by molar-refractivity contribution is 5.84. The number of carboxylic acids is 1. The van der Waals surface area contributed by atoms with Crippen molar-refractivity contribution in [3.63, 3.8) is 0 Å². The first-order chi connectivity index (χ1) is 18.6. The Bertz CT molecular complexity index is 1230. The molecule has 1 saturated heterocycles. The van der Waals surface area contributed by atoms with Gasteiger partial charge in [-0.25, -0.2) is 19.6 Å².